The van der Waals surface area contributed by atoms with E-state index in [0.29, 0.717) is 5.82 Å². The molecule has 6 heteroatoms. The largest absolute Gasteiger partial charge is 0.356 e. The van der Waals surface area contributed by atoms with Crippen LogP contribution in [0.1, 0.15) is 41.1 Å². The summed E-state index contributed by atoms with van der Waals surface area (Å²) >= 11 is 0. The van der Waals surface area contributed by atoms with Gasteiger partial charge in [-0.3, -0.25) is 4.79 Å². The molecule has 2 aromatic rings. The van der Waals surface area contributed by atoms with E-state index in [1.165, 1.54) is 11.3 Å². The van der Waals surface area contributed by atoms with Gasteiger partial charge in [0.2, 0.25) is 5.78 Å². The molecule has 2 aromatic heterocycles. The van der Waals surface area contributed by atoms with E-state index in [2.05, 4.69) is 19.9 Å². The van der Waals surface area contributed by atoms with Crippen molar-refractivity contribution in [2.24, 2.45) is 13.0 Å². The number of carbonyl (C=O) groups excluding carboxylic acids is 1. The van der Waals surface area contributed by atoms with Crippen LogP contribution < -0.4 is 4.90 Å². The maximum absolute atomic E-state index is 12.7. The van der Waals surface area contributed by atoms with Crippen molar-refractivity contribution in [3.63, 3.8) is 0 Å². The van der Waals surface area contributed by atoms with Gasteiger partial charge in [0.25, 0.3) is 0 Å². The summed E-state index contributed by atoms with van der Waals surface area (Å²) in [5.74, 6) is 1.75. The van der Waals surface area contributed by atoms with Gasteiger partial charge < -0.3 is 9.47 Å². The number of anilines is 1. The molecule has 0 unspecified atom stereocenters. The number of carbonyl (C=O) groups is 1. The summed E-state index contributed by atoms with van der Waals surface area (Å²) in [5, 5.41) is 0. The van der Waals surface area contributed by atoms with Gasteiger partial charge in [-0.15, -0.1) is 0 Å². The molecule has 0 N–H and O–H groups in total. The minimum absolute atomic E-state index is 0.00290. The molecule has 4 rings (SSSR count). The number of nitrogens with zero attached hydrogens (tertiary/aromatic N) is 5. The van der Waals surface area contributed by atoms with E-state index in [-0.39, 0.29) is 11.7 Å². The molecular weight excluding hydrogens is 290 g/mol. The van der Waals surface area contributed by atoms with Crippen LogP contribution in [0, 0.1) is 5.92 Å². The zero-order valence-corrected chi connectivity index (χ0v) is 13.4. The summed E-state index contributed by atoms with van der Waals surface area (Å²) in [5.41, 5.74) is 2.48. The molecular formula is C17H21N5O. The molecule has 23 heavy (non-hydrogen) atoms. The van der Waals surface area contributed by atoms with Crippen LogP contribution in [0.2, 0.25) is 0 Å². The van der Waals surface area contributed by atoms with Gasteiger partial charge >= 0.3 is 0 Å². The molecule has 6 nitrogen and oxygen atoms in total. The van der Waals surface area contributed by atoms with Gasteiger partial charge in [-0.2, -0.15) is 0 Å². The number of fused-ring (bicyclic) bond motifs is 1. The first kappa shape index (κ1) is 14.4. The predicted molar refractivity (Wildman–Crippen MR) is 86.5 cm³/mol. The summed E-state index contributed by atoms with van der Waals surface area (Å²) in [6.07, 6.45) is 10.4. The number of rotatable bonds is 3. The fourth-order valence-corrected chi connectivity index (χ4v) is 3.78. The van der Waals surface area contributed by atoms with Crippen LogP contribution in [0.4, 0.5) is 5.82 Å². The van der Waals surface area contributed by atoms with Crippen molar-refractivity contribution in [2.45, 2.75) is 32.1 Å². The highest BCUT2D eigenvalue weighted by molar-refractivity contribution is 5.95. The summed E-state index contributed by atoms with van der Waals surface area (Å²) in [7, 11) is 1.87. The first-order valence-corrected chi connectivity index (χ1v) is 8.33. The van der Waals surface area contributed by atoms with Gasteiger partial charge in [-0.05, 0) is 32.1 Å². The number of piperidine rings is 1. The molecule has 0 amide bonds. The van der Waals surface area contributed by atoms with Crippen molar-refractivity contribution < 1.29 is 4.79 Å². The second-order valence-electron chi connectivity index (χ2n) is 6.49. The molecule has 1 atom stereocenters. The highest BCUT2D eigenvalue weighted by atomic mass is 16.1. The van der Waals surface area contributed by atoms with Crippen LogP contribution in [0.15, 0.2) is 18.7 Å². The quantitative estimate of drug-likeness (QED) is 0.809. The number of hydrogen-bond donors (Lipinski definition) is 0. The highest BCUT2D eigenvalue weighted by Crippen LogP contribution is 2.31. The zero-order valence-electron chi connectivity index (χ0n) is 13.4. The Hall–Kier alpha value is -2.24. The van der Waals surface area contributed by atoms with E-state index in [4.69, 9.17) is 0 Å². The molecule has 3 heterocycles. The van der Waals surface area contributed by atoms with Crippen molar-refractivity contribution in [1.29, 1.82) is 0 Å². The molecule has 1 aliphatic carbocycles. The van der Waals surface area contributed by atoms with Crippen molar-refractivity contribution in [3.05, 3.63) is 35.8 Å². The maximum Gasteiger partial charge on any atom is 0.203 e. The lowest BCUT2D eigenvalue weighted by Gasteiger charge is -2.33. The van der Waals surface area contributed by atoms with Crippen molar-refractivity contribution in [2.75, 3.05) is 18.0 Å². The van der Waals surface area contributed by atoms with E-state index in [0.717, 1.165) is 51.0 Å². The SMILES string of the molecule is Cn1ccnc1C(=O)[C@@H]1CCCN(c2ncnc3c2CCC3)C1. The molecule has 0 spiro atoms. The van der Waals surface area contributed by atoms with Crippen LogP contribution in [-0.4, -0.2) is 38.4 Å². The molecule has 0 bridgehead atoms. The minimum Gasteiger partial charge on any atom is -0.356 e. The number of Topliss-reactive ketones (excluding diaryl/α,β-unsaturated/α-hetero) is 1. The van der Waals surface area contributed by atoms with Gasteiger partial charge in [0.05, 0.1) is 0 Å². The van der Waals surface area contributed by atoms with Gasteiger partial charge in [-0.1, -0.05) is 0 Å². The molecule has 1 fully saturated rings. The lowest BCUT2D eigenvalue weighted by atomic mass is 9.93. The topological polar surface area (TPSA) is 63.9 Å². The van der Waals surface area contributed by atoms with Crippen LogP contribution in [0.25, 0.3) is 0 Å². The molecule has 0 radical (unpaired) electrons. The Morgan fingerprint density at radius 3 is 2.96 bits per heavy atom. The summed E-state index contributed by atoms with van der Waals surface area (Å²) < 4.78 is 1.81. The zero-order chi connectivity index (χ0) is 15.8. The fourth-order valence-electron chi connectivity index (χ4n) is 3.78. The van der Waals surface area contributed by atoms with E-state index >= 15 is 0 Å². The van der Waals surface area contributed by atoms with Crippen molar-refractivity contribution >= 4 is 11.6 Å². The number of imidazole rings is 1. The lowest BCUT2D eigenvalue weighted by molar-refractivity contribution is 0.0893. The van der Waals surface area contributed by atoms with E-state index < -0.39 is 0 Å². The average Bonchev–Trinajstić information content (AvgIpc) is 3.22. The normalized spacial score (nSPS) is 20.6. The fraction of sp³-hybridized carbons (Fsp3) is 0.529. The average molecular weight is 311 g/mol. The Bertz CT molecular complexity index is 738. The van der Waals surface area contributed by atoms with Gasteiger partial charge in [-0.25, -0.2) is 15.0 Å². The maximum atomic E-state index is 12.7. The Balaban J connectivity index is 1.57. The van der Waals surface area contributed by atoms with E-state index in [1.54, 1.807) is 12.5 Å². The Kier molecular flexibility index (Phi) is 3.59. The first-order valence-electron chi connectivity index (χ1n) is 8.33. The third kappa shape index (κ3) is 2.52. The Morgan fingerprint density at radius 2 is 2.13 bits per heavy atom. The number of ketones is 1. The molecule has 1 aliphatic heterocycles. The van der Waals surface area contributed by atoms with Gasteiger partial charge in [0.1, 0.15) is 12.1 Å². The van der Waals surface area contributed by atoms with Crippen molar-refractivity contribution in [1.82, 2.24) is 19.5 Å². The highest BCUT2D eigenvalue weighted by Gasteiger charge is 2.31. The number of aryl methyl sites for hydroxylation is 2. The van der Waals surface area contributed by atoms with Crippen molar-refractivity contribution in [3.8, 4) is 0 Å². The monoisotopic (exact) mass is 311 g/mol. The molecule has 0 aromatic carbocycles. The Morgan fingerprint density at radius 1 is 1.22 bits per heavy atom. The smallest absolute Gasteiger partial charge is 0.203 e. The number of hydrogen-bond acceptors (Lipinski definition) is 5. The van der Waals surface area contributed by atoms with E-state index in [1.807, 2.05) is 17.8 Å². The van der Waals surface area contributed by atoms with Crippen LogP contribution in [-0.2, 0) is 19.9 Å². The lowest BCUT2D eigenvalue weighted by Crippen LogP contribution is -2.40. The van der Waals surface area contributed by atoms with Gasteiger partial charge in [0.15, 0.2) is 5.82 Å². The summed E-state index contributed by atoms with van der Waals surface area (Å²) in [6.45, 7) is 1.70. The van der Waals surface area contributed by atoms with Gasteiger partial charge in [0, 0.05) is 49.7 Å². The molecule has 1 saturated heterocycles. The predicted octanol–water partition coefficient (Wildman–Crippen LogP) is 1.80. The third-order valence-corrected chi connectivity index (χ3v) is 4.99. The van der Waals surface area contributed by atoms with Crippen LogP contribution in [0.3, 0.4) is 0 Å². The second-order valence-corrected chi connectivity index (χ2v) is 6.49. The summed E-state index contributed by atoms with van der Waals surface area (Å²) in [4.78, 5) is 28.2. The minimum atomic E-state index is -0.00290. The summed E-state index contributed by atoms with van der Waals surface area (Å²) in [6, 6.07) is 0. The van der Waals surface area contributed by atoms with E-state index in [9.17, 15) is 4.79 Å². The standard InChI is InChI=1S/C17H21N5O/c1-21-9-7-18-17(21)15(23)12-4-3-8-22(10-12)16-13-5-2-6-14(13)19-11-20-16/h7,9,11-12H,2-6,8,10H2,1H3/t12-/m1/s1. The third-order valence-electron chi connectivity index (χ3n) is 4.99. The van der Waals surface area contributed by atoms with Crippen LogP contribution >= 0.6 is 0 Å². The first-order chi connectivity index (χ1) is 11.2. The molecule has 0 saturated carbocycles. The molecule has 120 valence electrons. The Labute approximate surface area is 135 Å². The van der Waals surface area contributed by atoms with Crippen LogP contribution in [0.5, 0.6) is 0 Å². The second kappa shape index (κ2) is 5.76. The molecule has 2 aliphatic rings. The number of aromatic nitrogens is 4.